The molecule has 2 aliphatic heterocycles. The lowest BCUT2D eigenvalue weighted by molar-refractivity contribution is -0.118. The Morgan fingerprint density at radius 2 is 1.98 bits per heavy atom. The fourth-order valence-electron chi connectivity index (χ4n) is 5.06. The van der Waals surface area contributed by atoms with Gasteiger partial charge in [-0.2, -0.15) is 10.5 Å². The number of sulfone groups is 1. The lowest BCUT2D eigenvalue weighted by Crippen LogP contribution is -2.47. The Bertz CT molecular complexity index is 1630. The number of hydrogen-bond donors (Lipinski definition) is 4. The number of nitrogens with zero attached hydrogens (tertiary/aromatic N) is 5. The summed E-state index contributed by atoms with van der Waals surface area (Å²) in [6, 6.07) is -0.00381. The Morgan fingerprint density at radius 3 is 2.55 bits per heavy atom. The van der Waals surface area contributed by atoms with E-state index in [9.17, 15) is 18.0 Å². The van der Waals surface area contributed by atoms with Gasteiger partial charge < -0.3 is 24.0 Å². The number of nitrogens with one attached hydrogen (secondary N) is 3. The molecule has 2 aromatic heterocycles. The van der Waals surface area contributed by atoms with Crippen LogP contribution < -0.4 is 16.4 Å². The highest BCUT2D eigenvalue weighted by Gasteiger charge is 2.50. The summed E-state index contributed by atoms with van der Waals surface area (Å²) in [7, 11) is -3.72. The fraction of sp³-hybridized carbons (Fsp3) is 0.690. The molecule has 4 rings (SSSR count). The summed E-state index contributed by atoms with van der Waals surface area (Å²) in [6.45, 7) is 15.6. The van der Waals surface area contributed by atoms with Crippen LogP contribution in [0.1, 0.15) is 56.0 Å². The van der Waals surface area contributed by atoms with Crippen molar-refractivity contribution in [1.82, 2.24) is 34.6 Å². The van der Waals surface area contributed by atoms with Crippen molar-refractivity contribution < 1.29 is 38.3 Å². The van der Waals surface area contributed by atoms with Crippen LogP contribution in [0.25, 0.3) is 11.2 Å². The molecule has 20 heteroatoms. The molecule has 0 radical (unpaired) electrons. The van der Waals surface area contributed by atoms with Crippen molar-refractivity contribution >= 4 is 58.8 Å². The number of ether oxygens (including phenoxy) is 2. The third kappa shape index (κ3) is 10.2. The maximum Gasteiger partial charge on any atom is 0.280 e. The van der Waals surface area contributed by atoms with E-state index < -0.39 is 48.5 Å². The van der Waals surface area contributed by atoms with E-state index in [1.165, 1.54) is 18.0 Å². The summed E-state index contributed by atoms with van der Waals surface area (Å²) in [5.41, 5.74) is 2.36. The number of carbonyl (C=O) groups excluding carboxylic acids is 1. The number of anilines is 1. The lowest BCUT2D eigenvalue weighted by atomic mass is 10.1. The smallest absolute Gasteiger partial charge is 0.280 e. The summed E-state index contributed by atoms with van der Waals surface area (Å²) in [5.74, 6) is -0.953. The third-order valence-corrected chi connectivity index (χ3v) is 11.4. The van der Waals surface area contributed by atoms with Gasteiger partial charge in [0, 0.05) is 46.1 Å². The first-order valence-corrected chi connectivity index (χ1v) is 19.1. The van der Waals surface area contributed by atoms with Crippen molar-refractivity contribution in [2.45, 2.75) is 85.1 Å². The Balaban J connectivity index is 0.00000226. The normalized spacial score (nSPS) is 23.3. The fourth-order valence-corrected chi connectivity index (χ4v) is 8.20. The van der Waals surface area contributed by atoms with Crippen LogP contribution in [0.4, 0.5) is 5.95 Å². The van der Waals surface area contributed by atoms with E-state index >= 15 is 0 Å². The molecule has 17 nitrogen and oxygen atoms in total. The summed E-state index contributed by atoms with van der Waals surface area (Å²) >= 11 is 5.69. The molecule has 0 spiro atoms. The average molecular weight is 752 g/mol. The quantitative estimate of drug-likeness (QED) is 0.0761. The minimum atomic E-state index is -3.19. The maximum atomic E-state index is 13.0. The van der Waals surface area contributed by atoms with Crippen LogP contribution in [0, 0.1) is 5.92 Å². The first-order valence-electron chi connectivity index (χ1n) is 16.8. The number of hydroxylamine groups is 1. The number of carbonyl (C=O) groups is 1. The van der Waals surface area contributed by atoms with Crippen molar-refractivity contribution in [3.63, 3.8) is 0 Å². The summed E-state index contributed by atoms with van der Waals surface area (Å²) in [5, 5.41) is 6.13. The van der Waals surface area contributed by atoms with Gasteiger partial charge in [-0.15, -0.1) is 6.58 Å². The largest absolute Gasteiger partial charge is 0.460 e. The van der Waals surface area contributed by atoms with Crippen molar-refractivity contribution in [2.75, 3.05) is 43.6 Å². The van der Waals surface area contributed by atoms with Crippen LogP contribution in [-0.2, 0) is 33.3 Å². The van der Waals surface area contributed by atoms with Gasteiger partial charge in [0.1, 0.15) is 6.10 Å². The van der Waals surface area contributed by atoms with Crippen LogP contribution in [0.2, 0.25) is 0 Å². The molecule has 2 aliphatic rings. The van der Waals surface area contributed by atoms with E-state index in [4.69, 9.17) is 33.6 Å². The van der Waals surface area contributed by atoms with E-state index in [0.717, 1.165) is 0 Å². The maximum absolute atomic E-state index is 13.0. The Labute approximate surface area is 296 Å². The summed E-state index contributed by atoms with van der Waals surface area (Å²) in [6.07, 6.45) is -0.888. The lowest BCUT2D eigenvalue weighted by Gasteiger charge is -2.38. The van der Waals surface area contributed by atoms with Crippen LogP contribution >= 0.6 is 20.7 Å². The minimum Gasteiger partial charge on any atom is -0.460 e. The van der Waals surface area contributed by atoms with Crippen molar-refractivity contribution in [3.05, 3.63) is 29.3 Å². The second kappa shape index (κ2) is 18.1. The zero-order valence-corrected chi connectivity index (χ0v) is 31.3. The molecule has 0 aliphatic carbocycles. The summed E-state index contributed by atoms with van der Waals surface area (Å²) < 4.78 is 67.5. The number of fused-ring (bicyclic) bond motifs is 1. The highest BCUT2D eigenvalue weighted by atomic mass is 32.2. The number of thiocarbonyl (C=S) groups is 1. The number of aromatic amines is 1. The molecule has 2 aromatic rings. The monoisotopic (exact) mass is 751 g/mol. The van der Waals surface area contributed by atoms with E-state index in [2.05, 4.69) is 37.4 Å². The number of rotatable bonds is 13. The van der Waals surface area contributed by atoms with Gasteiger partial charge in [-0.1, -0.05) is 19.9 Å². The molecule has 49 heavy (non-hydrogen) atoms. The van der Waals surface area contributed by atoms with Crippen molar-refractivity contribution in [3.8, 4) is 0 Å². The third-order valence-electron chi connectivity index (χ3n) is 7.43. The molecule has 0 saturated carbocycles. The topological polar surface area (TPSA) is 202 Å². The number of aliphatic hydroxyl groups excluding tert-OH is 1. The molecular weight excluding hydrogens is 699 g/mol. The van der Waals surface area contributed by atoms with Crippen LogP contribution in [0.15, 0.2) is 23.8 Å². The van der Waals surface area contributed by atoms with Gasteiger partial charge in [-0.25, -0.2) is 22.7 Å². The second-order valence-electron chi connectivity index (χ2n) is 12.0. The predicted molar refractivity (Wildman–Crippen MR) is 190 cm³/mol. The van der Waals surface area contributed by atoms with Gasteiger partial charge in [-0.05, 0) is 46.8 Å². The average Bonchev–Trinajstić information content (AvgIpc) is 3.62. The van der Waals surface area contributed by atoms with E-state index in [-0.39, 0.29) is 77.7 Å². The standard InChI is InChI=1S/C28H45N8O8PS2.CH4O/c1-9-10-30-44-45(36(17(4)5)18(6)7)43-21-19(8)41-26(22(21)42-28(46)34-11-13-47(39,40)14-12-34)35-15-29-20-23(35)31-27(33-25(20)38)32-24(37)16(2)3;1-2/h9,15-19,21-22,26,30H,1,10-14H2,2-8H3,(H2,31,32,33,37,38);2H,1H3/t19-,21+,22?,26-,45?;/m1./s1/i8D;2T. The predicted octanol–water partition coefficient (Wildman–Crippen LogP) is 2.08. The molecule has 2 unspecified atom stereocenters. The van der Waals surface area contributed by atoms with Crippen LogP contribution in [-0.4, -0.2) is 124 Å². The number of aromatic nitrogens is 4. The molecule has 276 valence electrons. The Kier molecular flexibility index (Phi) is 13.9. The van der Waals surface area contributed by atoms with Crippen molar-refractivity contribution in [2.24, 2.45) is 5.92 Å². The SMILES string of the molecule is [2H]C[C@H]1O[C@@H](n2cnc3c(=O)[nH]c(NC(=O)C(C)C)nc32)C(OC(=S)N2CCS(=O)(=O)CC2)[C@H]1OP(ONCC=C)N(C(C)C)C(C)C.[3H]OC. The van der Waals surface area contributed by atoms with E-state index in [1.807, 2.05) is 32.4 Å². The Morgan fingerprint density at radius 1 is 1.33 bits per heavy atom. The number of H-pyrrole nitrogens is 1. The number of amides is 1. The first-order chi connectivity index (χ1) is 24.1. The molecule has 0 bridgehead atoms. The molecule has 4 heterocycles. The second-order valence-corrected chi connectivity index (χ2v) is 16.0. The van der Waals surface area contributed by atoms with Gasteiger partial charge >= 0.3 is 0 Å². The van der Waals surface area contributed by atoms with Gasteiger partial charge in [0.15, 0.2) is 33.3 Å². The van der Waals surface area contributed by atoms with Gasteiger partial charge in [-0.3, -0.25) is 24.5 Å². The zero-order chi connectivity index (χ0) is 38.0. The minimum absolute atomic E-state index is 0.00190. The number of aliphatic hydroxyl groups is 1. The zero-order valence-electron chi connectivity index (χ0n) is 30.8. The first kappa shape index (κ1) is 37.6. The van der Waals surface area contributed by atoms with Gasteiger partial charge in [0.05, 0.1) is 23.9 Å². The number of imidazole rings is 1. The van der Waals surface area contributed by atoms with Crippen LogP contribution in [0.5, 0.6) is 0 Å². The van der Waals surface area contributed by atoms with Gasteiger partial charge in [0.25, 0.3) is 19.3 Å². The molecule has 1 amide bonds. The molecule has 0 aromatic carbocycles. The molecule has 4 N–H and O–H groups in total. The highest BCUT2D eigenvalue weighted by Crippen LogP contribution is 2.50. The molecule has 2 fully saturated rings. The van der Waals surface area contributed by atoms with Crippen molar-refractivity contribution in [1.29, 1.82) is 1.43 Å². The highest BCUT2D eigenvalue weighted by molar-refractivity contribution is 7.91. The van der Waals surface area contributed by atoms with Crippen LogP contribution in [0.3, 0.4) is 0 Å². The Hall–Kier alpha value is -2.61. The molecular formula is C29H49N8O9PS2. The molecule has 2 saturated heterocycles. The van der Waals surface area contributed by atoms with Gasteiger partial charge in [0.2, 0.25) is 13.3 Å². The summed E-state index contributed by atoms with van der Waals surface area (Å²) in [4.78, 5) is 38.3. The number of hydrogen-bond acceptors (Lipinski definition) is 14. The van der Waals surface area contributed by atoms with E-state index in [1.54, 1.807) is 24.8 Å². The van der Waals surface area contributed by atoms with E-state index in [0.29, 0.717) is 6.54 Å². The molecule has 5 atom stereocenters.